The Kier molecular flexibility index (Phi) is 5.27. The van der Waals surface area contributed by atoms with Crippen molar-refractivity contribution in [2.45, 2.75) is 5.88 Å². The minimum absolute atomic E-state index is 0.321. The highest BCUT2D eigenvalue weighted by atomic mass is 35.5. The van der Waals surface area contributed by atoms with Gasteiger partial charge in [0.05, 0.1) is 0 Å². The molecule has 2 aromatic carbocycles. The molecule has 0 bridgehead atoms. The molecule has 0 saturated heterocycles. The summed E-state index contributed by atoms with van der Waals surface area (Å²) in [4.78, 5) is 10.4. The molecule has 0 atom stereocenters. The first-order valence-electron chi connectivity index (χ1n) is 5.90. The molecule has 0 radical (unpaired) electrons. The summed E-state index contributed by atoms with van der Waals surface area (Å²) in [5, 5.41) is -0.407. The number of carbonyl (C=O) groups excluding carboxylic acids is 1. The number of ether oxygens (including phenoxy) is 2. The van der Waals surface area contributed by atoms with Gasteiger partial charge in [-0.2, -0.15) is 0 Å². The zero-order valence-electron chi connectivity index (χ0n) is 10.5. The Bertz CT molecular complexity index is 585. The number of fused-ring (bicyclic) bond motifs is 1. The Morgan fingerprint density at radius 1 is 1.05 bits per heavy atom. The first-order valence-corrected chi connectivity index (χ1v) is 6.81. The average Bonchev–Trinajstić information content (AvgIpc) is 2.96. The number of benzene rings is 2. The maximum absolute atomic E-state index is 10.4. The van der Waals surface area contributed by atoms with Gasteiger partial charge in [0, 0.05) is 11.4 Å². The molecule has 1 heterocycles. The first kappa shape index (κ1) is 14.7. The second-order valence-electron chi connectivity index (χ2n) is 3.96. The van der Waals surface area contributed by atoms with E-state index < -0.39 is 5.24 Å². The monoisotopic (exact) mass is 310 g/mol. The molecule has 0 saturated carbocycles. The van der Waals surface area contributed by atoms with Crippen LogP contribution in [0.2, 0.25) is 0 Å². The van der Waals surface area contributed by atoms with Gasteiger partial charge in [0.1, 0.15) is 0 Å². The molecule has 2 aromatic rings. The van der Waals surface area contributed by atoms with Gasteiger partial charge in [0.25, 0.3) is 5.24 Å². The second-order valence-corrected chi connectivity index (χ2v) is 4.57. The SMILES string of the molecule is ClCc1ccc2c(c1)OCO2.O=C(Cl)c1ccccc1. The molecule has 3 rings (SSSR count). The molecule has 0 aliphatic carbocycles. The Morgan fingerprint density at radius 2 is 1.75 bits per heavy atom. The predicted octanol–water partition coefficient (Wildman–Crippen LogP) is 4.22. The van der Waals surface area contributed by atoms with Gasteiger partial charge in [-0.1, -0.05) is 36.4 Å². The van der Waals surface area contributed by atoms with E-state index in [4.69, 9.17) is 32.7 Å². The second kappa shape index (κ2) is 7.17. The van der Waals surface area contributed by atoms with Gasteiger partial charge in [0.15, 0.2) is 11.5 Å². The van der Waals surface area contributed by atoms with Crippen molar-refractivity contribution in [3.05, 3.63) is 59.7 Å². The van der Waals surface area contributed by atoms with E-state index in [0.29, 0.717) is 18.2 Å². The summed E-state index contributed by atoms with van der Waals surface area (Å²) < 4.78 is 10.3. The van der Waals surface area contributed by atoms with Crippen molar-refractivity contribution in [1.29, 1.82) is 0 Å². The molecule has 0 spiro atoms. The lowest BCUT2D eigenvalue weighted by Gasteiger charge is -1.97. The van der Waals surface area contributed by atoms with Crippen LogP contribution in [-0.4, -0.2) is 12.0 Å². The predicted molar refractivity (Wildman–Crippen MR) is 78.7 cm³/mol. The maximum Gasteiger partial charge on any atom is 0.252 e. The molecule has 0 N–H and O–H groups in total. The van der Waals surface area contributed by atoms with Gasteiger partial charge in [-0.25, -0.2) is 0 Å². The molecule has 20 heavy (non-hydrogen) atoms. The summed E-state index contributed by atoms with van der Waals surface area (Å²) in [5.41, 5.74) is 1.59. The van der Waals surface area contributed by atoms with E-state index >= 15 is 0 Å². The smallest absolute Gasteiger partial charge is 0.252 e. The van der Waals surface area contributed by atoms with Gasteiger partial charge in [-0.3, -0.25) is 4.79 Å². The Morgan fingerprint density at radius 3 is 2.35 bits per heavy atom. The van der Waals surface area contributed by atoms with Crippen LogP contribution in [-0.2, 0) is 5.88 Å². The quantitative estimate of drug-likeness (QED) is 0.615. The number of hydrogen-bond acceptors (Lipinski definition) is 3. The summed E-state index contributed by atoms with van der Waals surface area (Å²) in [6.07, 6.45) is 0. The fourth-order valence-corrected chi connectivity index (χ4v) is 1.89. The molecule has 5 heteroatoms. The van der Waals surface area contributed by atoms with Gasteiger partial charge in [0.2, 0.25) is 6.79 Å². The summed E-state index contributed by atoms with van der Waals surface area (Å²) in [5.74, 6) is 2.11. The van der Waals surface area contributed by atoms with E-state index in [1.165, 1.54) is 0 Å². The zero-order chi connectivity index (χ0) is 14.4. The Hall–Kier alpha value is -1.71. The van der Waals surface area contributed by atoms with Crippen LogP contribution < -0.4 is 9.47 Å². The van der Waals surface area contributed by atoms with E-state index in [9.17, 15) is 4.79 Å². The first-order chi connectivity index (χ1) is 9.70. The van der Waals surface area contributed by atoms with Crippen molar-refractivity contribution >= 4 is 28.4 Å². The third-order valence-electron chi connectivity index (χ3n) is 2.59. The lowest BCUT2D eigenvalue weighted by atomic mass is 10.2. The van der Waals surface area contributed by atoms with E-state index in [1.807, 2.05) is 24.3 Å². The largest absolute Gasteiger partial charge is 0.454 e. The molecular formula is C15H12Cl2O3. The van der Waals surface area contributed by atoms with Crippen LogP contribution in [0, 0.1) is 0 Å². The normalized spacial score (nSPS) is 11.5. The Labute approximate surface area is 127 Å². The van der Waals surface area contributed by atoms with Crippen LogP contribution in [0.4, 0.5) is 0 Å². The molecule has 3 nitrogen and oxygen atoms in total. The van der Waals surface area contributed by atoms with Crippen molar-refractivity contribution in [2.75, 3.05) is 6.79 Å². The van der Waals surface area contributed by atoms with Crippen LogP contribution >= 0.6 is 23.2 Å². The molecule has 1 aliphatic rings. The average molecular weight is 311 g/mol. The van der Waals surface area contributed by atoms with E-state index in [2.05, 4.69) is 0 Å². The number of hydrogen-bond donors (Lipinski definition) is 0. The molecule has 0 fully saturated rings. The van der Waals surface area contributed by atoms with Crippen molar-refractivity contribution in [3.63, 3.8) is 0 Å². The van der Waals surface area contributed by atoms with Crippen molar-refractivity contribution in [1.82, 2.24) is 0 Å². The molecule has 1 aliphatic heterocycles. The Balaban J connectivity index is 0.000000151. The van der Waals surface area contributed by atoms with Gasteiger partial charge in [-0.05, 0) is 29.3 Å². The number of carbonyl (C=O) groups is 1. The van der Waals surface area contributed by atoms with Crippen LogP contribution in [0.15, 0.2) is 48.5 Å². The number of rotatable bonds is 2. The number of alkyl halides is 1. The molecule has 0 aromatic heterocycles. The third-order valence-corrected chi connectivity index (χ3v) is 3.12. The topological polar surface area (TPSA) is 35.5 Å². The van der Waals surface area contributed by atoms with Gasteiger partial charge < -0.3 is 9.47 Å². The summed E-state index contributed by atoms with van der Waals surface area (Å²) >= 11 is 10.8. The minimum atomic E-state index is -0.407. The molecule has 0 unspecified atom stereocenters. The number of halogens is 2. The standard InChI is InChI=1S/C8H7ClO2.C7H5ClO/c9-4-6-1-2-7-8(3-6)11-5-10-7;8-7(9)6-4-2-1-3-5-6/h1-3H,4-5H2;1-5H. The highest BCUT2D eigenvalue weighted by Gasteiger charge is 2.12. The van der Waals surface area contributed by atoms with Crippen molar-refractivity contribution in [2.24, 2.45) is 0 Å². The third kappa shape index (κ3) is 3.89. The van der Waals surface area contributed by atoms with Crippen LogP contribution in [0.25, 0.3) is 0 Å². The molecule has 104 valence electrons. The van der Waals surface area contributed by atoms with Gasteiger partial charge >= 0.3 is 0 Å². The summed E-state index contributed by atoms with van der Waals surface area (Å²) in [6.45, 7) is 0.321. The van der Waals surface area contributed by atoms with Crippen molar-refractivity contribution in [3.8, 4) is 11.5 Å². The maximum atomic E-state index is 10.4. The van der Waals surface area contributed by atoms with E-state index in [1.54, 1.807) is 24.3 Å². The zero-order valence-corrected chi connectivity index (χ0v) is 12.0. The summed E-state index contributed by atoms with van der Waals surface area (Å²) in [6, 6.07) is 14.4. The van der Waals surface area contributed by atoms with E-state index in [-0.39, 0.29) is 0 Å². The molecular weight excluding hydrogens is 299 g/mol. The van der Waals surface area contributed by atoms with E-state index in [0.717, 1.165) is 17.1 Å². The van der Waals surface area contributed by atoms with Gasteiger partial charge in [-0.15, -0.1) is 11.6 Å². The lowest BCUT2D eigenvalue weighted by Crippen LogP contribution is -1.92. The summed E-state index contributed by atoms with van der Waals surface area (Å²) in [7, 11) is 0. The fourth-order valence-electron chi connectivity index (χ4n) is 1.59. The highest BCUT2D eigenvalue weighted by molar-refractivity contribution is 6.67. The van der Waals surface area contributed by atoms with Crippen LogP contribution in [0.5, 0.6) is 11.5 Å². The minimum Gasteiger partial charge on any atom is -0.454 e. The van der Waals surface area contributed by atoms with Crippen LogP contribution in [0.1, 0.15) is 15.9 Å². The highest BCUT2D eigenvalue weighted by Crippen LogP contribution is 2.32. The van der Waals surface area contributed by atoms with Crippen LogP contribution in [0.3, 0.4) is 0 Å². The lowest BCUT2D eigenvalue weighted by molar-refractivity contribution is 0.108. The molecule has 0 amide bonds. The fraction of sp³-hybridized carbons (Fsp3) is 0.133. The van der Waals surface area contributed by atoms with Crippen molar-refractivity contribution < 1.29 is 14.3 Å².